The minimum absolute atomic E-state index is 0.259. The number of amides is 1. The number of hydrogen-bond acceptors (Lipinski definition) is 3. The summed E-state index contributed by atoms with van der Waals surface area (Å²) in [6, 6.07) is 8.20. The van der Waals surface area contributed by atoms with Crippen molar-refractivity contribution in [2.45, 2.75) is 58.3 Å². The molecule has 3 rings (SSSR count). The van der Waals surface area contributed by atoms with Crippen LogP contribution in [0.3, 0.4) is 0 Å². The second-order valence-corrected chi connectivity index (χ2v) is 7.25. The van der Waals surface area contributed by atoms with Gasteiger partial charge in [-0.1, -0.05) is 24.3 Å². The smallest absolute Gasteiger partial charge is 0.399 e. The highest BCUT2D eigenvalue weighted by Crippen LogP contribution is 2.36. The van der Waals surface area contributed by atoms with Crippen molar-refractivity contribution in [2.75, 3.05) is 6.54 Å². The fraction of sp³-hybridized carbons (Fsp3) is 0.588. The van der Waals surface area contributed by atoms with Crippen molar-refractivity contribution in [2.24, 2.45) is 0 Å². The van der Waals surface area contributed by atoms with E-state index in [0.29, 0.717) is 13.0 Å². The molecule has 4 nitrogen and oxygen atoms in total. The molecule has 1 aromatic rings. The number of carbonyl (C=O) groups excluding carboxylic acids is 1. The zero-order valence-electron chi connectivity index (χ0n) is 13.9. The van der Waals surface area contributed by atoms with Crippen LogP contribution in [0.4, 0.5) is 0 Å². The topological polar surface area (TPSA) is 38.8 Å². The van der Waals surface area contributed by atoms with Gasteiger partial charge in [0, 0.05) is 19.5 Å². The summed E-state index contributed by atoms with van der Waals surface area (Å²) in [5.74, 6) is 0.259. The van der Waals surface area contributed by atoms with Gasteiger partial charge in [0.15, 0.2) is 0 Å². The average molecular weight is 301 g/mol. The molecule has 0 bridgehead atoms. The van der Waals surface area contributed by atoms with Gasteiger partial charge in [-0.15, -0.1) is 0 Å². The quantitative estimate of drug-likeness (QED) is 0.803. The number of likely N-dealkylation sites (tertiary alicyclic amines) is 1. The average Bonchev–Trinajstić information content (AvgIpc) is 2.92. The Balaban J connectivity index is 1.69. The summed E-state index contributed by atoms with van der Waals surface area (Å²) in [5, 5.41) is 0. The normalized spacial score (nSPS) is 23.4. The Kier molecular flexibility index (Phi) is 3.81. The largest absolute Gasteiger partial charge is 0.494 e. The first-order valence-corrected chi connectivity index (χ1v) is 8.01. The SMILES string of the molecule is CC1(C)OB(c2ccc(CN3CCCC3=O)cc2)OC1(C)C. The van der Waals surface area contributed by atoms with Gasteiger partial charge in [0.25, 0.3) is 0 Å². The Labute approximate surface area is 132 Å². The lowest BCUT2D eigenvalue weighted by Crippen LogP contribution is -2.41. The molecule has 0 saturated carbocycles. The standard InChI is InChI=1S/C17H24BNO3/c1-16(2)17(3,4)22-18(21-16)14-9-7-13(8-10-14)12-19-11-5-6-15(19)20/h7-10H,5-6,11-12H2,1-4H3. The van der Waals surface area contributed by atoms with E-state index < -0.39 is 0 Å². The summed E-state index contributed by atoms with van der Waals surface area (Å²) in [5.41, 5.74) is 1.53. The van der Waals surface area contributed by atoms with Crippen molar-refractivity contribution in [1.29, 1.82) is 0 Å². The van der Waals surface area contributed by atoms with Crippen molar-refractivity contribution in [1.82, 2.24) is 4.90 Å². The van der Waals surface area contributed by atoms with Crippen LogP contribution in [-0.2, 0) is 20.6 Å². The minimum atomic E-state index is -0.326. The van der Waals surface area contributed by atoms with Gasteiger partial charge in [0.2, 0.25) is 5.91 Å². The molecule has 0 unspecified atom stereocenters. The Bertz CT molecular complexity index is 552. The van der Waals surface area contributed by atoms with Crippen LogP contribution in [0.5, 0.6) is 0 Å². The Morgan fingerprint density at radius 2 is 1.68 bits per heavy atom. The van der Waals surface area contributed by atoms with Gasteiger partial charge in [0.05, 0.1) is 11.2 Å². The molecule has 0 radical (unpaired) electrons. The Hall–Kier alpha value is -1.33. The summed E-state index contributed by atoms with van der Waals surface area (Å²) in [6.45, 7) is 9.79. The molecular weight excluding hydrogens is 277 g/mol. The molecule has 0 atom stereocenters. The van der Waals surface area contributed by atoms with Gasteiger partial charge in [-0.3, -0.25) is 4.79 Å². The minimum Gasteiger partial charge on any atom is -0.399 e. The summed E-state index contributed by atoms with van der Waals surface area (Å²) in [7, 11) is -0.326. The molecule has 1 amide bonds. The van der Waals surface area contributed by atoms with E-state index in [1.165, 1.54) is 0 Å². The first-order chi connectivity index (χ1) is 10.3. The molecule has 2 fully saturated rings. The van der Waals surface area contributed by atoms with Crippen LogP contribution in [-0.4, -0.2) is 35.7 Å². The van der Waals surface area contributed by atoms with Gasteiger partial charge in [-0.2, -0.15) is 0 Å². The van der Waals surface area contributed by atoms with Crippen molar-refractivity contribution in [3.05, 3.63) is 29.8 Å². The molecule has 1 aromatic carbocycles. The molecule has 2 saturated heterocycles. The van der Waals surface area contributed by atoms with Gasteiger partial charge in [0.1, 0.15) is 0 Å². The molecule has 2 aliphatic heterocycles. The van der Waals surface area contributed by atoms with Crippen LogP contribution < -0.4 is 5.46 Å². The molecule has 5 heteroatoms. The third-order valence-electron chi connectivity index (χ3n) is 5.05. The van der Waals surface area contributed by atoms with Crippen LogP contribution >= 0.6 is 0 Å². The fourth-order valence-corrected chi connectivity index (χ4v) is 2.85. The van der Waals surface area contributed by atoms with E-state index in [9.17, 15) is 4.79 Å². The number of nitrogens with zero attached hydrogens (tertiary/aromatic N) is 1. The van der Waals surface area contributed by atoms with E-state index >= 15 is 0 Å². The molecular formula is C17H24BNO3. The highest BCUT2D eigenvalue weighted by molar-refractivity contribution is 6.62. The van der Waals surface area contributed by atoms with Crippen LogP contribution in [0.25, 0.3) is 0 Å². The number of benzene rings is 1. The lowest BCUT2D eigenvalue weighted by atomic mass is 9.79. The third-order valence-corrected chi connectivity index (χ3v) is 5.05. The third kappa shape index (κ3) is 2.80. The van der Waals surface area contributed by atoms with Crippen LogP contribution in [0, 0.1) is 0 Å². The molecule has 0 spiro atoms. The van der Waals surface area contributed by atoms with Crippen molar-refractivity contribution < 1.29 is 14.1 Å². The zero-order valence-corrected chi connectivity index (χ0v) is 13.9. The van der Waals surface area contributed by atoms with Crippen molar-refractivity contribution >= 4 is 18.5 Å². The fourth-order valence-electron chi connectivity index (χ4n) is 2.85. The summed E-state index contributed by atoms with van der Waals surface area (Å²) in [6.07, 6.45) is 1.66. The second-order valence-electron chi connectivity index (χ2n) is 7.25. The number of carbonyl (C=O) groups is 1. The van der Waals surface area contributed by atoms with Gasteiger partial charge < -0.3 is 14.2 Å². The predicted octanol–water partition coefficient (Wildman–Crippen LogP) is 2.11. The summed E-state index contributed by atoms with van der Waals surface area (Å²) < 4.78 is 12.1. The van der Waals surface area contributed by atoms with Crippen LogP contribution in [0.1, 0.15) is 46.1 Å². The molecule has 2 aliphatic rings. The first-order valence-electron chi connectivity index (χ1n) is 8.01. The van der Waals surface area contributed by atoms with E-state index in [1.807, 2.05) is 17.0 Å². The molecule has 0 aliphatic carbocycles. The molecule has 22 heavy (non-hydrogen) atoms. The van der Waals surface area contributed by atoms with E-state index in [0.717, 1.165) is 24.0 Å². The zero-order chi connectivity index (χ0) is 16.0. The van der Waals surface area contributed by atoms with Crippen LogP contribution in [0.15, 0.2) is 24.3 Å². The lowest BCUT2D eigenvalue weighted by molar-refractivity contribution is -0.128. The van der Waals surface area contributed by atoms with Gasteiger partial charge in [-0.25, -0.2) is 0 Å². The van der Waals surface area contributed by atoms with E-state index in [4.69, 9.17) is 9.31 Å². The van der Waals surface area contributed by atoms with E-state index in [2.05, 4.69) is 39.8 Å². The predicted molar refractivity (Wildman–Crippen MR) is 86.8 cm³/mol. The highest BCUT2D eigenvalue weighted by Gasteiger charge is 2.51. The van der Waals surface area contributed by atoms with E-state index in [-0.39, 0.29) is 24.2 Å². The second kappa shape index (κ2) is 5.39. The van der Waals surface area contributed by atoms with Crippen molar-refractivity contribution in [3.63, 3.8) is 0 Å². The number of rotatable bonds is 3. The highest BCUT2D eigenvalue weighted by atomic mass is 16.7. The maximum Gasteiger partial charge on any atom is 0.494 e. The maximum atomic E-state index is 11.7. The molecule has 2 heterocycles. The van der Waals surface area contributed by atoms with E-state index in [1.54, 1.807) is 0 Å². The summed E-state index contributed by atoms with van der Waals surface area (Å²) in [4.78, 5) is 13.6. The Morgan fingerprint density at radius 3 is 2.18 bits per heavy atom. The van der Waals surface area contributed by atoms with Gasteiger partial charge >= 0.3 is 7.12 Å². The Morgan fingerprint density at radius 1 is 1.09 bits per heavy atom. The molecule has 0 aromatic heterocycles. The molecule has 0 N–H and O–H groups in total. The lowest BCUT2D eigenvalue weighted by Gasteiger charge is -2.32. The van der Waals surface area contributed by atoms with Crippen LogP contribution in [0.2, 0.25) is 0 Å². The van der Waals surface area contributed by atoms with Crippen molar-refractivity contribution in [3.8, 4) is 0 Å². The monoisotopic (exact) mass is 301 g/mol. The number of hydrogen-bond donors (Lipinski definition) is 0. The first kappa shape index (κ1) is 15.6. The summed E-state index contributed by atoms with van der Waals surface area (Å²) >= 11 is 0. The van der Waals surface area contributed by atoms with Gasteiger partial charge in [-0.05, 0) is 45.1 Å². The molecule has 118 valence electrons. The maximum absolute atomic E-state index is 11.7.